The van der Waals surface area contributed by atoms with Crippen LogP contribution in [0.2, 0.25) is 5.02 Å². The van der Waals surface area contributed by atoms with Crippen LogP contribution in [0.25, 0.3) is 0 Å². The highest BCUT2D eigenvalue weighted by Crippen LogP contribution is 2.26. The second-order valence-corrected chi connectivity index (χ2v) is 4.15. The molecule has 5 heteroatoms. The summed E-state index contributed by atoms with van der Waals surface area (Å²) >= 11 is 5.86. The molecule has 2 rings (SSSR count). The van der Waals surface area contributed by atoms with Gasteiger partial charge in [0.1, 0.15) is 7.85 Å². The van der Waals surface area contributed by atoms with Crippen molar-refractivity contribution in [3.05, 3.63) is 17.2 Å². The molecule has 0 aromatic heterocycles. The number of amides is 1. The van der Waals surface area contributed by atoms with Crippen LogP contribution < -0.4 is 16.1 Å². The van der Waals surface area contributed by atoms with Gasteiger partial charge < -0.3 is 10.6 Å². The van der Waals surface area contributed by atoms with Crippen molar-refractivity contribution in [2.45, 2.75) is 19.4 Å². The first kappa shape index (κ1) is 10.4. The molecule has 1 aliphatic rings. The van der Waals surface area contributed by atoms with E-state index in [-0.39, 0.29) is 11.9 Å². The maximum Gasteiger partial charge on any atom is 0.226 e. The zero-order valence-corrected chi connectivity index (χ0v) is 9.06. The van der Waals surface area contributed by atoms with Gasteiger partial charge in [-0.05, 0) is 19.1 Å². The van der Waals surface area contributed by atoms with Crippen LogP contribution in [0.1, 0.15) is 13.3 Å². The van der Waals surface area contributed by atoms with Gasteiger partial charge in [0.15, 0.2) is 0 Å². The first-order valence-electron chi connectivity index (χ1n) is 4.71. The minimum absolute atomic E-state index is 0.0320. The number of carbonyl (C=O) groups is 1. The van der Waals surface area contributed by atoms with E-state index in [1.54, 1.807) is 12.1 Å². The highest BCUT2D eigenvalue weighted by molar-refractivity contribution is 6.40. The maximum atomic E-state index is 11.4. The molecule has 0 spiro atoms. The van der Waals surface area contributed by atoms with Crippen molar-refractivity contribution in [3.63, 3.8) is 0 Å². The number of anilines is 2. The first-order chi connectivity index (χ1) is 7.06. The topological polar surface area (TPSA) is 41.1 Å². The summed E-state index contributed by atoms with van der Waals surface area (Å²) < 4.78 is 0. The number of hydrogen-bond donors (Lipinski definition) is 2. The largest absolute Gasteiger partial charge is 0.381 e. The van der Waals surface area contributed by atoms with E-state index in [1.807, 2.05) is 6.92 Å². The summed E-state index contributed by atoms with van der Waals surface area (Å²) in [6.45, 7) is 1.93. The van der Waals surface area contributed by atoms with Gasteiger partial charge in [0, 0.05) is 17.5 Å². The highest BCUT2D eigenvalue weighted by atomic mass is 35.5. The molecule has 1 aliphatic heterocycles. The van der Waals surface area contributed by atoms with Crippen molar-refractivity contribution in [3.8, 4) is 0 Å². The normalized spacial score (nSPS) is 19.9. The Kier molecular flexibility index (Phi) is 2.61. The zero-order valence-electron chi connectivity index (χ0n) is 8.30. The summed E-state index contributed by atoms with van der Waals surface area (Å²) in [7, 11) is 5.82. The van der Waals surface area contributed by atoms with Crippen LogP contribution in [0, 0.1) is 0 Å². The quantitative estimate of drug-likeness (QED) is 0.647. The Morgan fingerprint density at radius 1 is 1.53 bits per heavy atom. The molecule has 0 unspecified atom stereocenters. The molecule has 3 nitrogen and oxygen atoms in total. The van der Waals surface area contributed by atoms with Gasteiger partial charge in [-0.2, -0.15) is 0 Å². The molecular weight excluding hydrogens is 210 g/mol. The third kappa shape index (κ3) is 2.10. The Morgan fingerprint density at radius 2 is 2.27 bits per heavy atom. The predicted octanol–water partition coefficient (Wildman–Crippen LogP) is 1.28. The van der Waals surface area contributed by atoms with Gasteiger partial charge in [-0.25, -0.2) is 0 Å². The Bertz CT molecular complexity index is 422. The Morgan fingerprint density at radius 3 is 3.00 bits per heavy atom. The summed E-state index contributed by atoms with van der Waals surface area (Å²) in [5.74, 6) is -0.0320. The van der Waals surface area contributed by atoms with Gasteiger partial charge in [-0.1, -0.05) is 17.1 Å². The van der Waals surface area contributed by atoms with Gasteiger partial charge in [0.25, 0.3) is 0 Å². The maximum absolute atomic E-state index is 11.4. The van der Waals surface area contributed by atoms with E-state index >= 15 is 0 Å². The lowest BCUT2D eigenvalue weighted by molar-refractivity contribution is -0.116. The third-order valence-electron chi connectivity index (χ3n) is 2.29. The van der Waals surface area contributed by atoms with Gasteiger partial charge in [0.05, 0.1) is 11.4 Å². The molecule has 2 N–H and O–H groups in total. The van der Waals surface area contributed by atoms with Crippen molar-refractivity contribution < 1.29 is 4.79 Å². The fraction of sp³-hybridized carbons (Fsp3) is 0.300. The molecule has 1 atom stereocenters. The molecule has 0 aliphatic carbocycles. The van der Waals surface area contributed by atoms with Gasteiger partial charge in [-0.3, -0.25) is 4.79 Å². The van der Waals surface area contributed by atoms with Crippen LogP contribution >= 0.6 is 11.6 Å². The molecule has 1 heterocycles. The van der Waals surface area contributed by atoms with Crippen molar-refractivity contribution >= 4 is 42.2 Å². The van der Waals surface area contributed by atoms with E-state index in [9.17, 15) is 4.79 Å². The van der Waals surface area contributed by atoms with Crippen LogP contribution in [-0.2, 0) is 4.79 Å². The van der Waals surface area contributed by atoms with Crippen molar-refractivity contribution in [2.75, 3.05) is 10.6 Å². The van der Waals surface area contributed by atoms with Crippen LogP contribution in [0.15, 0.2) is 12.1 Å². The van der Waals surface area contributed by atoms with Crippen molar-refractivity contribution in [2.24, 2.45) is 0 Å². The lowest BCUT2D eigenvalue weighted by atomic mass is 9.93. The van der Waals surface area contributed by atoms with E-state index in [4.69, 9.17) is 19.4 Å². The fourth-order valence-electron chi connectivity index (χ4n) is 1.66. The number of benzene rings is 1. The van der Waals surface area contributed by atoms with Gasteiger partial charge in [0.2, 0.25) is 5.91 Å². The highest BCUT2D eigenvalue weighted by Gasteiger charge is 2.18. The summed E-state index contributed by atoms with van der Waals surface area (Å²) in [6.07, 6.45) is 0.422. The molecule has 2 radical (unpaired) electrons. The predicted molar refractivity (Wildman–Crippen MR) is 63.2 cm³/mol. The molecule has 1 amide bonds. The molecule has 1 aromatic carbocycles. The number of fused-ring (bicyclic) bond motifs is 1. The lowest BCUT2D eigenvalue weighted by Gasteiger charge is -2.15. The smallest absolute Gasteiger partial charge is 0.226 e. The Balaban J connectivity index is 2.50. The average molecular weight is 220 g/mol. The SMILES string of the molecule is [B]c1cc(Cl)cc2c1N[C@H](C)CC(=O)N2. The average Bonchev–Trinajstić information content (AvgIpc) is 2.22. The second-order valence-electron chi connectivity index (χ2n) is 3.72. The molecule has 15 heavy (non-hydrogen) atoms. The minimum Gasteiger partial charge on any atom is -0.381 e. The minimum atomic E-state index is -0.0320. The monoisotopic (exact) mass is 220 g/mol. The summed E-state index contributed by atoms with van der Waals surface area (Å²) in [4.78, 5) is 11.4. The van der Waals surface area contributed by atoms with Crippen LogP contribution in [0.4, 0.5) is 11.4 Å². The van der Waals surface area contributed by atoms with Crippen molar-refractivity contribution in [1.29, 1.82) is 0 Å². The van der Waals surface area contributed by atoms with E-state index in [0.717, 1.165) is 5.69 Å². The standard InChI is InChI=1S/C10H10BClN2O/c1-5-2-9(15)14-8-4-6(12)3-7(11)10(8)13-5/h3-5,13H,2H2,1H3,(H,14,15)/t5-/m1/s1. The lowest BCUT2D eigenvalue weighted by Crippen LogP contribution is -2.21. The Hall–Kier alpha value is -1.16. The van der Waals surface area contributed by atoms with E-state index in [2.05, 4.69) is 10.6 Å². The summed E-state index contributed by atoms with van der Waals surface area (Å²) in [6, 6.07) is 3.42. The number of halogens is 1. The number of carbonyl (C=O) groups excluding carboxylic acids is 1. The van der Waals surface area contributed by atoms with Crippen molar-refractivity contribution in [1.82, 2.24) is 0 Å². The van der Waals surface area contributed by atoms with E-state index < -0.39 is 0 Å². The second kappa shape index (κ2) is 3.78. The van der Waals surface area contributed by atoms with E-state index in [1.165, 1.54) is 0 Å². The molecule has 0 bridgehead atoms. The first-order valence-corrected chi connectivity index (χ1v) is 5.09. The number of rotatable bonds is 0. The zero-order chi connectivity index (χ0) is 11.0. The molecule has 0 fully saturated rings. The molecule has 0 saturated heterocycles. The molecule has 1 aromatic rings. The summed E-state index contributed by atoms with van der Waals surface area (Å²) in [5, 5.41) is 6.47. The van der Waals surface area contributed by atoms with Gasteiger partial charge in [-0.15, -0.1) is 0 Å². The summed E-state index contributed by atoms with van der Waals surface area (Å²) in [5.41, 5.74) is 1.94. The fourth-order valence-corrected chi connectivity index (χ4v) is 1.89. The molecular formula is C10H10BClN2O. The van der Waals surface area contributed by atoms with Crippen LogP contribution in [0.3, 0.4) is 0 Å². The van der Waals surface area contributed by atoms with Crippen LogP contribution in [0.5, 0.6) is 0 Å². The molecule has 76 valence electrons. The van der Waals surface area contributed by atoms with Crippen LogP contribution in [-0.4, -0.2) is 19.8 Å². The number of hydrogen-bond acceptors (Lipinski definition) is 2. The van der Waals surface area contributed by atoms with Gasteiger partial charge >= 0.3 is 0 Å². The number of nitrogens with one attached hydrogen (secondary N) is 2. The third-order valence-corrected chi connectivity index (χ3v) is 2.51. The van der Waals surface area contributed by atoms with E-state index in [0.29, 0.717) is 22.6 Å². The Labute approximate surface area is 94.6 Å². The molecule has 0 saturated carbocycles.